The van der Waals surface area contributed by atoms with Crippen molar-refractivity contribution < 1.29 is 14.3 Å². The lowest BCUT2D eigenvalue weighted by atomic mass is 10.0. The molecule has 0 amide bonds. The Balaban J connectivity index is 2.08. The lowest BCUT2D eigenvalue weighted by Crippen LogP contribution is -2.37. The predicted molar refractivity (Wildman–Crippen MR) is 100 cm³/mol. The first-order valence-electron chi connectivity index (χ1n) is 9.97. The molecule has 3 nitrogen and oxygen atoms in total. The lowest BCUT2D eigenvalue weighted by Gasteiger charge is -2.30. The molecule has 0 aromatic carbocycles. The molecule has 0 bridgehead atoms. The van der Waals surface area contributed by atoms with E-state index in [2.05, 4.69) is 6.92 Å². The molecule has 24 heavy (non-hydrogen) atoms. The van der Waals surface area contributed by atoms with Gasteiger partial charge >= 0.3 is 0 Å². The average molecular weight is 339 g/mol. The second-order valence-electron chi connectivity index (χ2n) is 7.96. The number of carbonyl (C=O) groups excluding carboxylic acids is 1. The van der Waals surface area contributed by atoms with Crippen LogP contribution in [-0.2, 0) is 14.3 Å². The lowest BCUT2D eigenvalue weighted by molar-refractivity contribution is -0.196. The van der Waals surface area contributed by atoms with E-state index in [-0.39, 0.29) is 17.5 Å². The molecule has 1 aliphatic rings. The largest absolute Gasteiger partial charge is 0.343 e. The van der Waals surface area contributed by atoms with Crippen molar-refractivity contribution in [3.63, 3.8) is 0 Å². The summed E-state index contributed by atoms with van der Waals surface area (Å²) in [5.41, 5.74) is -0.267. The van der Waals surface area contributed by atoms with Crippen LogP contribution in [0.5, 0.6) is 0 Å². The van der Waals surface area contributed by atoms with Gasteiger partial charge in [-0.05, 0) is 39.3 Å². The third-order valence-corrected chi connectivity index (χ3v) is 4.32. The number of carbonyl (C=O) groups is 1. The number of ether oxygens (including phenoxy) is 2. The summed E-state index contributed by atoms with van der Waals surface area (Å²) in [5.74, 6) is 0.0830. The molecule has 0 fully saturated rings. The molecule has 0 radical (unpaired) electrons. The fourth-order valence-corrected chi connectivity index (χ4v) is 3.00. The molecule has 140 valence electrons. The van der Waals surface area contributed by atoms with Gasteiger partial charge in [0.2, 0.25) is 0 Å². The van der Waals surface area contributed by atoms with E-state index in [0.717, 1.165) is 12.8 Å². The minimum atomic E-state index is -0.393. The van der Waals surface area contributed by atoms with Crippen LogP contribution in [0.1, 0.15) is 98.3 Å². The van der Waals surface area contributed by atoms with Crippen molar-refractivity contribution in [1.82, 2.24) is 0 Å². The van der Waals surface area contributed by atoms with E-state index in [1.807, 2.05) is 20.8 Å². The molecule has 1 aliphatic heterocycles. The van der Waals surface area contributed by atoms with Crippen molar-refractivity contribution in [2.24, 2.45) is 0 Å². The average Bonchev–Trinajstić information content (AvgIpc) is 2.50. The van der Waals surface area contributed by atoms with Crippen LogP contribution in [-0.4, -0.2) is 23.8 Å². The first-order valence-corrected chi connectivity index (χ1v) is 9.97. The van der Waals surface area contributed by atoms with E-state index in [0.29, 0.717) is 0 Å². The smallest absolute Gasteiger partial charge is 0.184 e. The minimum Gasteiger partial charge on any atom is -0.343 e. The highest BCUT2D eigenvalue weighted by atomic mass is 16.7. The Morgan fingerprint density at radius 2 is 1.50 bits per heavy atom. The van der Waals surface area contributed by atoms with Gasteiger partial charge < -0.3 is 9.47 Å². The molecule has 0 spiro atoms. The Labute approximate surface area is 149 Å². The zero-order valence-electron chi connectivity index (χ0n) is 16.3. The van der Waals surface area contributed by atoms with Crippen molar-refractivity contribution in [2.45, 2.75) is 116 Å². The van der Waals surface area contributed by atoms with Crippen LogP contribution >= 0.6 is 0 Å². The van der Waals surface area contributed by atoms with Crippen LogP contribution in [0.2, 0.25) is 0 Å². The summed E-state index contributed by atoms with van der Waals surface area (Å²) in [6.45, 7) is 8.25. The molecule has 2 atom stereocenters. The maximum Gasteiger partial charge on any atom is 0.184 e. The summed E-state index contributed by atoms with van der Waals surface area (Å²) >= 11 is 0. The topological polar surface area (TPSA) is 35.5 Å². The zero-order valence-corrected chi connectivity index (χ0v) is 16.3. The van der Waals surface area contributed by atoms with Gasteiger partial charge in [0.15, 0.2) is 12.1 Å². The van der Waals surface area contributed by atoms with Crippen LogP contribution in [0.4, 0.5) is 0 Å². The Bertz CT molecular complexity index is 368. The third kappa shape index (κ3) is 10.2. The monoisotopic (exact) mass is 338 g/mol. The van der Waals surface area contributed by atoms with Crippen LogP contribution in [0.25, 0.3) is 0 Å². The minimum absolute atomic E-state index is 0.0830. The Morgan fingerprint density at radius 1 is 0.958 bits per heavy atom. The van der Waals surface area contributed by atoms with Gasteiger partial charge in [-0.25, -0.2) is 0 Å². The fraction of sp³-hybridized carbons (Fsp3) is 0.857. The van der Waals surface area contributed by atoms with Crippen LogP contribution in [0.15, 0.2) is 12.2 Å². The Kier molecular flexibility index (Phi) is 10.5. The summed E-state index contributed by atoms with van der Waals surface area (Å²) in [6.07, 6.45) is 16.5. The van der Waals surface area contributed by atoms with E-state index in [1.165, 1.54) is 57.8 Å². The van der Waals surface area contributed by atoms with Crippen LogP contribution < -0.4 is 0 Å². The highest BCUT2D eigenvalue weighted by Gasteiger charge is 2.27. The molecule has 1 unspecified atom stereocenters. The van der Waals surface area contributed by atoms with Crippen LogP contribution in [0, 0.1) is 0 Å². The highest BCUT2D eigenvalue weighted by Crippen LogP contribution is 2.21. The number of rotatable bonds is 12. The molecule has 1 heterocycles. The molecule has 0 aliphatic carbocycles. The summed E-state index contributed by atoms with van der Waals surface area (Å²) < 4.78 is 11.6. The molecule has 0 saturated heterocycles. The van der Waals surface area contributed by atoms with Gasteiger partial charge in [-0.3, -0.25) is 4.79 Å². The summed E-state index contributed by atoms with van der Waals surface area (Å²) in [5, 5.41) is 0. The zero-order chi connectivity index (χ0) is 17.8. The number of unbranched alkanes of at least 4 members (excludes halogenated alkanes) is 9. The summed E-state index contributed by atoms with van der Waals surface area (Å²) in [7, 11) is 0. The predicted octanol–water partition coefficient (Wildman–Crippen LogP) is 5.96. The first-order chi connectivity index (χ1) is 11.4. The van der Waals surface area contributed by atoms with Crippen molar-refractivity contribution >= 4 is 5.78 Å². The van der Waals surface area contributed by atoms with E-state index >= 15 is 0 Å². The summed E-state index contributed by atoms with van der Waals surface area (Å²) in [4.78, 5) is 11.9. The molecule has 0 saturated carbocycles. The van der Waals surface area contributed by atoms with Gasteiger partial charge in [-0.1, -0.05) is 71.1 Å². The van der Waals surface area contributed by atoms with Gasteiger partial charge in [0.25, 0.3) is 0 Å². The van der Waals surface area contributed by atoms with Gasteiger partial charge in [0, 0.05) is 0 Å². The molecular formula is C21H38O3. The molecule has 3 heteroatoms. The Hall–Kier alpha value is -0.670. The van der Waals surface area contributed by atoms with E-state index in [1.54, 1.807) is 12.2 Å². The van der Waals surface area contributed by atoms with Gasteiger partial charge in [0.1, 0.15) is 6.10 Å². The number of ketones is 1. The molecular weight excluding hydrogens is 300 g/mol. The van der Waals surface area contributed by atoms with Crippen molar-refractivity contribution in [3.8, 4) is 0 Å². The molecule has 1 rings (SSSR count). The van der Waals surface area contributed by atoms with Gasteiger partial charge in [-0.15, -0.1) is 0 Å². The number of hydrogen-bond donors (Lipinski definition) is 0. The van der Waals surface area contributed by atoms with Gasteiger partial charge in [0.05, 0.1) is 5.60 Å². The molecule has 0 aromatic heterocycles. The standard InChI is InChI=1S/C21H38O3/c1-5-6-7-8-9-10-11-12-13-14-15-19-18(22)16-17-20(23-19)24-21(2,3)4/h16-17,19-20H,5-15H2,1-4H3/t19-,20?/m1/s1. The van der Waals surface area contributed by atoms with E-state index in [9.17, 15) is 4.79 Å². The highest BCUT2D eigenvalue weighted by molar-refractivity contribution is 5.94. The quantitative estimate of drug-likeness (QED) is 0.412. The maximum atomic E-state index is 11.9. The normalized spacial score (nSPS) is 21.4. The molecule has 0 N–H and O–H groups in total. The molecule has 0 aromatic rings. The Morgan fingerprint density at radius 3 is 2.04 bits per heavy atom. The first kappa shape index (κ1) is 21.4. The fourth-order valence-electron chi connectivity index (χ4n) is 3.00. The van der Waals surface area contributed by atoms with Crippen molar-refractivity contribution in [3.05, 3.63) is 12.2 Å². The maximum absolute atomic E-state index is 11.9. The van der Waals surface area contributed by atoms with E-state index < -0.39 is 6.29 Å². The second kappa shape index (κ2) is 11.8. The van der Waals surface area contributed by atoms with Crippen molar-refractivity contribution in [2.75, 3.05) is 0 Å². The van der Waals surface area contributed by atoms with Crippen molar-refractivity contribution in [1.29, 1.82) is 0 Å². The SMILES string of the molecule is CCCCCCCCCCCC[C@H]1OC(OC(C)(C)C)C=CC1=O. The number of hydrogen-bond acceptors (Lipinski definition) is 3. The third-order valence-electron chi connectivity index (χ3n) is 4.32. The van der Waals surface area contributed by atoms with Gasteiger partial charge in [-0.2, -0.15) is 0 Å². The van der Waals surface area contributed by atoms with Crippen LogP contribution in [0.3, 0.4) is 0 Å². The summed E-state index contributed by atoms with van der Waals surface area (Å²) in [6, 6.07) is 0. The second-order valence-corrected chi connectivity index (χ2v) is 7.96. The van der Waals surface area contributed by atoms with E-state index in [4.69, 9.17) is 9.47 Å².